The molecule has 6 nitrogen and oxygen atoms in total. The monoisotopic (exact) mass is 250 g/mol. The van der Waals surface area contributed by atoms with Crippen LogP contribution >= 0.6 is 0 Å². The summed E-state index contributed by atoms with van der Waals surface area (Å²) >= 11 is 0. The van der Waals surface area contributed by atoms with E-state index in [-0.39, 0.29) is 12.1 Å². The quantitative estimate of drug-likeness (QED) is 0.817. The molecule has 1 aromatic heterocycles. The van der Waals surface area contributed by atoms with Crippen molar-refractivity contribution in [2.24, 2.45) is 5.73 Å². The molecular formula is C12H18N4O2. The number of hydrogen-bond donors (Lipinski definition) is 2. The highest BCUT2D eigenvalue weighted by molar-refractivity contribution is 5.91. The van der Waals surface area contributed by atoms with Crippen LogP contribution in [-0.2, 0) is 4.74 Å². The molecule has 0 aliphatic carbocycles. The number of fused-ring (bicyclic) bond motifs is 1. The van der Waals surface area contributed by atoms with Crippen molar-refractivity contribution < 1.29 is 9.53 Å². The van der Waals surface area contributed by atoms with Crippen molar-refractivity contribution in [3.63, 3.8) is 0 Å². The van der Waals surface area contributed by atoms with Crippen LogP contribution in [0, 0.1) is 0 Å². The van der Waals surface area contributed by atoms with Gasteiger partial charge in [0.1, 0.15) is 5.82 Å². The van der Waals surface area contributed by atoms with Crippen LogP contribution in [-0.4, -0.2) is 34.4 Å². The zero-order valence-corrected chi connectivity index (χ0v) is 10.4. The second kappa shape index (κ2) is 4.28. The van der Waals surface area contributed by atoms with Gasteiger partial charge in [-0.1, -0.05) is 0 Å². The number of primary amides is 1. The zero-order valence-electron chi connectivity index (χ0n) is 10.4. The van der Waals surface area contributed by atoms with Crippen LogP contribution in [0.4, 0.5) is 5.82 Å². The van der Waals surface area contributed by atoms with E-state index in [0.717, 1.165) is 31.6 Å². The number of carbonyl (C=O) groups excluding carboxylic acids is 1. The predicted octanol–water partition coefficient (Wildman–Crippen LogP) is 0.906. The number of rotatable bonds is 2. The second-order valence-corrected chi connectivity index (χ2v) is 5.07. The molecule has 0 radical (unpaired) electrons. The highest BCUT2D eigenvalue weighted by Crippen LogP contribution is 2.34. The minimum absolute atomic E-state index is 0.196. The molecule has 2 aliphatic rings. The standard InChI is InChI=1S/C12H18N4O2/c1-7-2-3-10(18-7)9-4-5-14-11-6-8(12(13)17)15-16(9)11/h6-7,9-10,14H,2-5H2,1H3,(H2,13,17). The van der Waals surface area contributed by atoms with E-state index < -0.39 is 5.91 Å². The average molecular weight is 250 g/mol. The number of amides is 1. The summed E-state index contributed by atoms with van der Waals surface area (Å²) in [7, 11) is 0. The van der Waals surface area contributed by atoms with Crippen LogP contribution in [0.5, 0.6) is 0 Å². The molecule has 1 aromatic rings. The van der Waals surface area contributed by atoms with Gasteiger partial charge in [-0.2, -0.15) is 5.10 Å². The van der Waals surface area contributed by atoms with Gasteiger partial charge in [0.05, 0.1) is 18.2 Å². The van der Waals surface area contributed by atoms with Crippen LogP contribution in [0.1, 0.15) is 42.7 Å². The fourth-order valence-electron chi connectivity index (χ4n) is 2.83. The van der Waals surface area contributed by atoms with E-state index in [2.05, 4.69) is 17.3 Å². The molecule has 6 heteroatoms. The molecule has 1 fully saturated rings. The van der Waals surface area contributed by atoms with Crippen molar-refractivity contribution in [1.29, 1.82) is 0 Å². The predicted molar refractivity (Wildman–Crippen MR) is 66.5 cm³/mol. The van der Waals surface area contributed by atoms with E-state index in [1.807, 2.05) is 4.68 Å². The molecule has 0 saturated carbocycles. The molecule has 3 atom stereocenters. The Balaban J connectivity index is 1.89. The van der Waals surface area contributed by atoms with E-state index in [1.165, 1.54) is 0 Å². The lowest BCUT2D eigenvalue weighted by molar-refractivity contribution is 0.0172. The number of nitrogens with two attached hydrogens (primary N) is 1. The van der Waals surface area contributed by atoms with Crippen molar-refractivity contribution in [1.82, 2.24) is 9.78 Å². The number of carbonyl (C=O) groups is 1. The Hall–Kier alpha value is -1.56. The molecule has 18 heavy (non-hydrogen) atoms. The van der Waals surface area contributed by atoms with Crippen LogP contribution in [0.25, 0.3) is 0 Å². The van der Waals surface area contributed by atoms with Crippen LogP contribution in [0.15, 0.2) is 6.07 Å². The van der Waals surface area contributed by atoms with Crippen molar-refractivity contribution >= 4 is 11.7 Å². The topological polar surface area (TPSA) is 82.2 Å². The molecule has 0 aromatic carbocycles. The fourth-order valence-corrected chi connectivity index (χ4v) is 2.83. The molecule has 1 amide bonds. The van der Waals surface area contributed by atoms with Gasteiger partial charge in [0.15, 0.2) is 5.69 Å². The molecule has 3 unspecified atom stereocenters. The molecule has 98 valence electrons. The highest BCUT2D eigenvalue weighted by atomic mass is 16.5. The van der Waals surface area contributed by atoms with Gasteiger partial charge in [-0.3, -0.25) is 4.79 Å². The maximum Gasteiger partial charge on any atom is 0.269 e. The van der Waals surface area contributed by atoms with Gasteiger partial charge in [-0.25, -0.2) is 4.68 Å². The molecule has 0 spiro atoms. The molecule has 2 aliphatic heterocycles. The SMILES string of the molecule is CC1CCC(C2CCNc3cc(C(N)=O)nn32)O1. The first-order valence-electron chi connectivity index (χ1n) is 6.44. The Morgan fingerprint density at radius 3 is 3.06 bits per heavy atom. The van der Waals surface area contributed by atoms with E-state index in [9.17, 15) is 4.79 Å². The number of anilines is 1. The first-order valence-corrected chi connectivity index (χ1v) is 6.44. The van der Waals surface area contributed by atoms with Gasteiger partial charge in [-0.05, 0) is 26.2 Å². The van der Waals surface area contributed by atoms with Crippen molar-refractivity contribution in [3.05, 3.63) is 11.8 Å². The third-order valence-electron chi connectivity index (χ3n) is 3.74. The van der Waals surface area contributed by atoms with Gasteiger partial charge in [0, 0.05) is 12.6 Å². The summed E-state index contributed by atoms with van der Waals surface area (Å²) in [6.45, 7) is 2.97. The number of nitrogens with zero attached hydrogens (tertiary/aromatic N) is 2. The molecule has 1 saturated heterocycles. The number of nitrogens with one attached hydrogen (secondary N) is 1. The summed E-state index contributed by atoms with van der Waals surface area (Å²) in [4.78, 5) is 11.2. The smallest absolute Gasteiger partial charge is 0.269 e. The number of ether oxygens (including phenoxy) is 1. The molecular weight excluding hydrogens is 232 g/mol. The Kier molecular flexibility index (Phi) is 2.74. The second-order valence-electron chi connectivity index (χ2n) is 5.07. The Morgan fingerprint density at radius 1 is 1.56 bits per heavy atom. The lowest BCUT2D eigenvalue weighted by Crippen LogP contribution is -2.32. The summed E-state index contributed by atoms with van der Waals surface area (Å²) < 4.78 is 7.79. The summed E-state index contributed by atoms with van der Waals surface area (Å²) in [6, 6.07) is 1.92. The first kappa shape index (κ1) is 11.5. The van der Waals surface area contributed by atoms with Crippen molar-refractivity contribution in [2.75, 3.05) is 11.9 Å². The van der Waals surface area contributed by atoms with Gasteiger partial charge < -0.3 is 15.8 Å². The normalized spacial score (nSPS) is 30.8. The average Bonchev–Trinajstić information content (AvgIpc) is 2.94. The molecule has 3 N–H and O–H groups in total. The summed E-state index contributed by atoms with van der Waals surface area (Å²) in [5.41, 5.74) is 5.59. The third-order valence-corrected chi connectivity index (χ3v) is 3.74. The molecule has 3 heterocycles. The van der Waals surface area contributed by atoms with Gasteiger partial charge in [0.25, 0.3) is 5.91 Å². The van der Waals surface area contributed by atoms with E-state index in [1.54, 1.807) is 6.07 Å². The minimum atomic E-state index is -0.488. The van der Waals surface area contributed by atoms with Crippen molar-refractivity contribution in [3.8, 4) is 0 Å². The minimum Gasteiger partial charge on any atom is -0.373 e. The largest absolute Gasteiger partial charge is 0.373 e. The Labute approximate surface area is 105 Å². The maximum absolute atomic E-state index is 11.2. The molecule has 3 rings (SSSR count). The van der Waals surface area contributed by atoms with Gasteiger partial charge in [-0.15, -0.1) is 0 Å². The first-order chi connectivity index (χ1) is 8.65. The Morgan fingerprint density at radius 2 is 2.39 bits per heavy atom. The summed E-state index contributed by atoms with van der Waals surface area (Å²) in [5, 5.41) is 7.54. The lowest BCUT2D eigenvalue weighted by atomic mass is 10.0. The van der Waals surface area contributed by atoms with E-state index >= 15 is 0 Å². The third kappa shape index (κ3) is 1.86. The number of aromatic nitrogens is 2. The fraction of sp³-hybridized carbons (Fsp3) is 0.667. The van der Waals surface area contributed by atoms with E-state index in [0.29, 0.717) is 11.8 Å². The zero-order chi connectivity index (χ0) is 12.7. The number of hydrogen-bond acceptors (Lipinski definition) is 4. The summed E-state index contributed by atoms with van der Waals surface area (Å²) in [5.74, 6) is 0.376. The van der Waals surface area contributed by atoms with Crippen LogP contribution in [0.2, 0.25) is 0 Å². The Bertz CT molecular complexity index is 471. The van der Waals surface area contributed by atoms with Crippen LogP contribution in [0.3, 0.4) is 0 Å². The van der Waals surface area contributed by atoms with Gasteiger partial charge >= 0.3 is 0 Å². The highest BCUT2D eigenvalue weighted by Gasteiger charge is 2.34. The lowest BCUT2D eigenvalue weighted by Gasteiger charge is -2.29. The maximum atomic E-state index is 11.2. The summed E-state index contributed by atoms with van der Waals surface area (Å²) in [6.07, 6.45) is 3.62. The van der Waals surface area contributed by atoms with Gasteiger partial charge in [0.2, 0.25) is 0 Å². The van der Waals surface area contributed by atoms with Crippen LogP contribution < -0.4 is 11.1 Å². The molecule has 0 bridgehead atoms. The van der Waals surface area contributed by atoms with Crippen molar-refractivity contribution in [2.45, 2.75) is 44.4 Å². The van der Waals surface area contributed by atoms with E-state index in [4.69, 9.17) is 10.5 Å².